The van der Waals surface area contributed by atoms with Gasteiger partial charge in [0.15, 0.2) is 0 Å². The van der Waals surface area contributed by atoms with E-state index in [1.54, 1.807) is 24.0 Å². The fraction of sp³-hybridized carbons (Fsp3) is 0.417. The van der Waals surface area contributed by atoms with Gasteiger partial charge in [0, 0.05) is 18.7 Å². The Morgan fingerprint density at radius 1 is 0.931 bits per heavy atom. The molecule has 0 aliphatic heterocycles. The van der Waals surface area contributed by atoms with Crippen molar-refractivity contribution in [2.45, 2.75) is 46.1 Å². The number of hydrogen-bond acceptors (Lipinski definition) is 4. The third-order valence-electron chi connectivity index (χ3n) is 4.51. The standard InChI is InChI=1S/C24H31NO4/c1-3-5-9-18-29-22-14-12-21(13-15-22)24(27)25(17-16-23(26)28-4-2)19-20-10-7-6-8-11-20/h6-8,10-15H,3-5,9,16-19H2,1-2H3. The second-order valence-electron chi connectivity index (χ2n) is 6.85. The molecule has 0 unspecified atom stereocenters. The smallest absolute Gasteiger partial charge is 0.307 e. The third-order valence-corrected chi connectivity index (χ3v) is 4.51. The van der Waals surface area contributed by atoms with Gasteiger partial charge in [0.25, 0.3) is 5.91 Å². The lowest BCUT2D eigenvalue weighted by Gasteiger charge is -2.23. The van der Waals surface area contributed by atoms with Crippen LogP contribution in [0.2, 0.25) is 0 Å². The molecule has 0 spiro atoms. The SMILES string of the molecule is CCCCCOc1ccc(C(=O)N(CCC(=O)OCC)Cc2ccccc2)cc1. The van der Waals surface area contributed by atoms with Crippen LogP contribution in [0.5, 0.6) is 5.75 Å². The Kier molecular flexibility index (Phi) is 9.76. The topological polar surface area (TPSA) is 55.8 Å². The Morgan fingerprint density at radius 2 is 1.66 bits per heavy atom. The van der Waals surface area contributed by atoms with Crippen LogP contribution in [0.1, 0.15) is 55.5 Å². The van der Waals surface area contributed by atoms with Crippen molar-refractivity contribution in [3.63, 3.8) is 0 Å². The Morgan fingerprint density at radius 3 is 2.31 bits per heavy atom. The number of esters is 1. The van der Waals surface area contributed by atoms with Crippen LogP contribution in [0.25, 0.3) is 0 Å². The van der Waals surface area contributed by atoms with E-state index in [0.717, 1.165) is 30.6 Å². The van der Waals surface area contributed by atoms with Crippen molar-refractivity contribution < 1.29 is 19.1 Å². The largest absolute Gasteiger partial charge is 0.494 e. The number of ether oxygens (including phenoxy) is 2. The second-order valence-corrected chi connectivity index (χ2v) is 6.85. The van der Waals surface area contributed by atoms with Crippen molar-refractivity contribution in [2.75, 3.05) is 19.8 Å². The van der Waals surface area contributed by atoms with Crippen LogP contribution < -0.4 is 4.74 Å². The van der Waals surface area contributed by atoms with Crippen LogP contribution in [0.15, 0.2) is 54.6 Å². The van der Waals surface area contributed by atoms with Gasteiger partial charge >= 0.3 is 5.97 Å². The van der Waals surface area contributed by atoms with E-state index in [1.165, 1.54) is 0 Å². The van der Waals surface area contributed by atoms with Gasteiger partial charge in [-0.1, -0.05) is 50.1 Å². The summed E-state index contributed by atoms with van der Waals surface area (Å²) in [5.41, 5.74) is 1.59. The van der Waals surface area contributed by atoms with Gasteiger partial charge < -0.3 is 14.4 Å². The molecule has 2 aromatic carbocycles. The summed E-state index contributed by atoms with van der Waals surface area (Å²) in [7, 11) is 0. The highest BCUT2D eigenvalue weighted by Gasteiger charge is 2.18. The minimum absolute atomic E-state index is 0.115. The molecule has 0 fully saturated rings. The van der Waals surface area contributed by atoms with Gasteiger partial charge in [0.05, 0.1) is 19.6 Å². The van der Waals surface area contributed by atoms with Crippen molar-refractivity contribution >= 4 is 11.9 Å². The first-order chi connectivity index (χ1) is 14.1. The zero-order chi connectivity index (χ0) is 20.9. The normalized spacial score (nSPS) is 10.4. The maximum absolute atomic E-state index is 13.1. The van der Waals surface area contributed by atoms with Crippen molar-refractivity contribution in [2.24, 2.45) is 0 Å². The van der Waals surface area contributed by atoms with Crippen molar-refractivity contribution in [1.82, 2.24) is 4.90 Å². The van der Waals surface area contributed by atoms with Crippen LogP contribution in [0.4, 0.5) is 0 Å². The van der Waals surface area contributed by atoms with E-state index in [-0.39, 0.29) is 18.3 Å². The molecule has 0 bridgehead atoms. The fourth-order valence-electron chi connectivity index (χ4n) is 2.93. The quantitative estimate of drug-likeness (QED) is 0.379. The zero-order valence-electron chi connectivity index (χ0n) is 17.4. The Labute approximate surface area is 173 Å². The highest BCUT2D eigenvalue weighted by atomic mass is 16.5. The van der Waals surface area contributed by atoms with Gasteiger partial charge in [0.1, 0.15) is 5.75 Å². The monoisotopic (exact) mass is 397 g/mol. The first-order valence-corrected chi connectivity index (χ1v) is 10.4. The molecule has 0 radical (unpaired) electrons. The molecule has 0 aromatic heterocycles. The van der Waals surface area contributed by atoms with Gasteiger partial charge in [0.2, 0.25) is 0 Å². The van der Waals surface area contributed by atoms with Gasteiger partial charge in [-0.3, -0.25) is 9.59 Å². The van der Waals surface area contributed by atoms with Gasteiger partial charge in [-0.2, -0.15) is 0 Å². The molecule has 5 heteroatoms. The van der Waals surface area contributed by atoms with E-state index >= 15 is 0 Å². The van der Waals surface area contributed by atoms with Crippen LogP contribution in [-0.2, 0) is 16.1 Å². The summed E-state index contributed by atoms with van der Waals surface area (Å²) >= 11 is 0. The number of unbranched alkanes of at least 4 members (excludes halogenated alkanes) is 2. The highest BCUT2D eigenvalue weighted by molar-refractivity contribution is 5.94. The van der Waals surface area contributed by atoms with Crippen LogP contribution in [-0.4, -0.2) is 36.5 Å². The molecule has 0 aliphatic carbocycles. The zero-order valence-corrected chi connectivity index (χ0v) is 17.4. The maximum atomic E-state index is 13.1. The molecular weight excluding hydrogens is 366 g/mol. The maximum Gasteiger partial charge on any atom is 0.307 e. The molecular formula is C24H31NO4. The lowest BCUT2D eigenvalue weighted by Crippen LogP contribution is -2.32. The predicted octanol–water partition coefficient (Wildman–Crippen LogP) is 4.85. The average molecular weight is 398 g/mol. The summed E-state index contributed by atoms with van der Waals surface area (Å²) in [5.74, 6) is 0.351. The number of carbonyl (C=O) groups is 2. The Balaban J connectivity index is 2.03. The summed E-state index contributed by atoms with van der Waals surface area (Å²) in [6, 6.07) is 17.0. The first kappa shape index (κ1) is 22.5. The molecule has 0 saturated carbocycles. The molecule has 1 amide bonds. The van der Waals surface area contributed by atoms with E-state index < -0.39 is 0 Å². The molecule has 156 valence electrons. The van der Waals surface area contributed by atoms with E-state index in [9.17, 15) is 9.59 Å². The molecule has 0 N–H and O–H groups in total. The summed E-state index contributed by atoms with van der Waals surface area (Å²) in [6.07, 6.45) is 3.49. The van der Waals surface area contributed by atoms with E-state index in [1.807, 2.05) is 42.5 Å². The first-order valence-electron chi connectivity index (χ1n) is 10.4. The summed E-state index contributed by atoms with van der Waals surface area (Å²) in [4.78, 5) is 26.5. The Hall–Kier alpha value is -2.82. The van der Waals surface area contributed by atoms with Gasteiger partial charge in [-0.05, 0) is 43.2 Å². The summed E-state index contributed by atoms with van der Waals surface area (Å²) in [6.45, 7) is 5.70. The average Bonchev–Trinajstić information content (AvgIpc) is 2.75. The molecule has 0 atom stereocenters. The van der Waals surface area contributed by atoms with Crippen molar-refractivity contribution in [3.8, 4) is 5.75 Å². The number of nitrogens with zero attached hydrogens (tertiary/aromatic N) is 1. The lowest BCUT2D eigenvalue weighted by molar-refractivity contribution is -0.143. The van der Waals surface area contributed by atoms with Crippen LogP contribution in [0, 0.1) is 0 Å². The van der Waals surface area contributed by atoms with E-state index in [4.69, 9.17) is 9.47 Å². The molecule has 0 aliphatic rings. The number of amides is 1. The number of carbonyl (C=O) groups excluding carboxylic acids is 2. The van der Waals surface area contributed by atoms with E-state index in [0.29, 0.717) is 31.9 Å². The van der Waals surface area contributed by atoms with Gasteiger partial charge in [-0.15, -0.1) is 0 Å². The summed E-state index contributed by atoms with van der Waals surface area (Å²) < 4.78 is 10.7. The third kappa shape index (κ3) is 7.98. The minimum atomic E-state index is -0.297. The number of benzene rings is 2. The molecule has 0 heterocycles. The number of hydrogen-bond donors (Lipinski definition) is 0. The fourth-order valence-corrected chi connectivity index (χ4v) is 2.93. The number of rotatable bonds is 12. The second kappa shape index (κ2) is 12.6. The molecule has 0 saturated heterocycles. The molecule has 2 aromatic rings. The van der Waals surface area contributed by atoms with Gasteiger partial charge in [-0.25, -0.2) is 0 Å². The minimum Gasteiger partial charge on any atom is -0.494 e. The lowest BCUT2D eigenvalue weighted by atomic mass is 10.1. The van der Waals surface area contributed by atoms with Crippen molar-refractivity contribution in [3.05, 3.63) is 65.7 Å². The van der Waals surface area contributed by atoms with Crippen LogP contribution in [0.3, 0.4) is 0 Å². The van der Waals surface area contributed by atoms with Crippen LogP contribution >= 0.6 is 0 Å². The molecule has 29 heavy (non-hydrogen) atoms. The Bertz CT molecular complexity index is 743. The van der Waals surface area contributed by atoms with E-state index in [2.05, 4.69) is 6.92 Å². The predicted molar refractivity (Wildman–Crippen MR) is 114 cm³/mol. The summed E-state index contributed by atoms with van der Waals surface area (Å²) in [5, 5.41) is 0. The molecule has 5 nitrogen and oxygen atoms in total. The molecule has 2 rings (SSSR count). The van der Waals surface area contributed by atoms with Crippen molar-refractivity contribution in [1.29, 1.82) is 0 Å². The highest BCUT2D eigenvalue weighted by Crippen LogP contribution is 2.16.